The molecule has 12 aliphatic heterocycles. The number of ether oxygens (including phenoxy) is 23. The van der Waals surface area contributed by atoms with Gasteiger partial charge in [-0.15, -0.1) is 0 Å². The molecule has 0 radical (unpaired) electrons. The second-order valence-electron chi connectivity index (χ2n) is 37.2. The summed E-state index contributed by atoms with van der Waals surface area (Å²) in [5.41, 5.74) is 6.58. The van der Waals surface area contributed by atoms with Gasteiger partial charge in [-0.1, -0.05) is 0 Å². The molecule has 148 heavy (non-hydrogen) atoms. The molecule has 0 aromatic heterocycles. The van der Waals surface area contributed by atoms with Crippen molar-refractivity contribution in [3.8, 4) is 0 Å². The van der Waals surface area contributed by atoms with Gasteiger partial charge in [0.2, 0.25) is 0 Å². The van der Waals surface area contributed by atoms with Crippen LogP contribution in [0.15, 0.2) is 0 Å². The maximum Gasteiger partial charge on any atom is 0.364 e. The minimum absolute atomic E-state index is 0.994. The van der Waals surface area contributed by atoms with Crippen LogP contribution in [0.5, 0.6) is 0 Å². The molecule has 862 valence electrons. The van der Waals surface area contributed by atoms with Gasteiger partial charge in [-0.05, 0) is 0 Å². The fraction of sp³-hybridized carbons (Fsp3) is 0.975. The Labute approximate surface area is 831 Å². The molecule has 0 aromatic carbocycles. The Kier molecular flexibility index (Phi) is 43.5. The first-order valence-corrected chi connectivity index (χ1v) is 46.3. The molecule has 12 fully saturated rings. The summed E-state index contributed by atoms with van der Waals surface area (Å²) in [6.07, 6.45) is -158. The molecule has 12 heterocycles. The third kappa shape index (κ3) is 25.7. The number of carboxylic acid groups (broad SMARTS) is 2. The summed E-state index contributed by atoms with van der Waals surface area (Å²) in [5.74, 6) is -8.06. The lowest BCUT2D eigenvalue weighted by atomic mass is 9.91. The number of hydrogen-bond acceptors (Lipinski definition) is 67. The van der Waals surface area contributed by atoms with Crippen molar-refractivity contribution in [1.82, 2.24) is 0 Å². The van der Waals surface area contributed by atoms with Crippen LogP contribution >= 0.6 is 0 Å². The van der Waals surface area contributed by atoms with Crippen LogP contribution in [0.25, 0.3) is 0 Å². The molecule has 0 spiro atoms. The predicted molar refractivity (Wildman–Crippen MR) is 439 cm³/mol. The average molecular weight is 2180 g/mol. The Balaban J connectivity index is 0.921. The number of aliphatic carboxylic acids is 2. The van der Waals surface area contributed by atoms with Crippen molar-refractivity contribution in [2.24, 2.45) is 5.73 Å². The summed E-state index contributed by atoms with van der Waals surface area (Å²) in [5, 5.41) is 480. The highest BCUT2D eigenvalue weighted by atomic mass is 16.8. The summed E-state index contributed by atoms with van der Waals surface area (Å²) in [6, 6.07) is -2.34. The highest BCUT2D eigenvalue weighted by Gasteiger charge is 2.66. The Morgan fingerprint density at radius 2 is 0.581 bits per heavy atom. The van der Waals surface area contributed by atoms with E-state index in [1.165, 1.54) is 0 Å². The van der Waals surface area contributed by atoms with E-state index in [0.29, 0.717) is 0 Å². The topological polar surface area (TPSA) is 1140 Å². The molecule has 0 aliphatic carbocycles. The van der Waals surface area contributed by atoms with Gasteiger partial charge in [0.25, 0.3) is 5.79 Å². The molecule has 69 nitrogen and oxygen atoms in total. The second-order valence-corrected chi connectivity index (χ2v) is 37.2. The third-order valence-electron chi connectivity index (χ3n) is 27.3. The molecule has 0 aromatic rings. The number of rotatable bonds is 41. The van der Waals surface area contributed by atoms with Gasteiger partial charge < -0.3 is 334 Å². The van der Waals surface area contributed by atoms with E-state index in [9.17, 15) is 229 Å². The fourth-order valence-corrected chi connectivity index (χ4v) is 18.7. The van der Waals surface area contributed by atoms with Crippen molar-refractivity contribution in [3.05, 3.63) is 0 Å². The first kappa shape index (κ1) is 123. The lowest BCUT2D eigenvalue weighted by Gasteiger charge is -2.52. The van der Waals surface area contributed by atoms with Crippen molar-refractivity contribution < 1.29 is 338 Å². The van der Waals surface area contributed by atoms with Crippen molar-refractivity contribution in [2.45, 2.75) is 405 Å². The number of carboxylic acids is 2. The van der Waals surface area contributed by atoms with Crippen LogP contribution in [0.3, 0.4) is 0 Å². The number of carbonyl (C=O) groups is 2. The van der Waals surface area contributed by atoms with Gasteiger partial charge in [0, 0.05) is 6.42 Å². The van der Waals surface area contributed by atoms with Gasteiger partial charge in [0.1, 0.15) is 305 Å². The van der Waals surface area contributed by atoms with Gasteiger partial charge >= 0.3 is 11.9 Å². The SMILES string of the molecule is N[C@H]1[C@@H](O[C@@H]2[C@H](O)[C@@H](O[C@H]3O[C@H]([C@H](O)CO)[C@@H](O)[C@H](O)[C@@H]3O[C@H]3O[C@H]([C@@H](O)CO)[C@@H](O)[C@H](O)[C@@H]3O)[C@@H](O[C@@H]3[C@H](O)[C@@H](O[C@@H]4[C@H](O)[C@@H](O[C@H]5[C@@H]([C@H](O)CO)O[C@@](O)(C(=O)O)C[C@H]5O)O[C@H]([C@@H](O)CO)[C@H]4O[C@@H]4O[C@H](CO)[C@@H](O)[C@H](O)[C@H]4O)O[C@H]([C@@H](O)CO[C@H]4O[C@H]([C@@H](O)CO)[C@@H](O)[C@H](O)[C@@H]4O)[C@H]3O)O[C@@H]2C(=O)O)O[C@H](CO)[C@@H](O[C@H]2O[C@H](CO[C@@H]3O[C@H](CO)[C@@H](O)[C@H](O)[C@H]3O[C@H]3O[C@H](CO)[C@@H](O)[C@H](O)[C@H]3O)[C@@H](O)[C@H](O)[C@H]2O)[C@@H]1O. The Morgan fingerprint density at radius 1 is 0.264 bits per heavy atom. The van der Waals surface area contributed by atoms with Crippen LogP contribution in [0.4, 0.5) is 0 Å². The van der Waals surface area contributed by atoms with Gasteiger partial charge in [-0.2, -0.15) is 0 Å². The number of aliphatic hydroxyl groups is 41. The molecule has 45 N–H and O–H groups in total. The van der Waals surface area contributed by atoms with Crippen molar-refractivity contribution >= 4 is 11.9 Å². The molecular weight excluding hydrogens is 2050 g/mol. The maximum absolute atomic E-state index is 14.2. The highest BCUT2D eigenvalue weighted by molar-refractivity contribution is 5.75. The molecule has 12 rings (SSSR count). The van der Waals surface area contributed by atoms with E-state index in [-0.39, 0.29) is 0 Å². The van der Waals surface area contributed by atoms with E-state index in [1.54, 1.807) is 0 Å². The van der Waals surface area contributed by atoms with E-state index < -0.39 is 489 Å². The van der Waals surface area contributed by atoms with Crippen LogP contribution < -0.4 is 5.73 Å². The lowest BCUT2D eigenvalue weighted by Crippen LogP contribution is -2.71. The van der Waals surface area contributed by atoms with E-state index in [2.05, 4.69) is 0 Å². The minimum Gasteiger partial charge on any atom is -0.479 e. The molecule has 69 heteroatoms. The molecule has 0 bridgehead atoms. The predicted octanol–water partition coefficient (Wildman–Crippen LogP) is -30.4. The normalized spacial score (nSPS) is 50.9. The molecular formula is C79H133NO68. The number of hydrogen-bond donors (Lipinski definition) is 44. The number of nitrogens with two attached hydrogens (primary N) is 1. The van der Waals surface area contributed by atoms with Gasteiger partial charge in [-0.3, -0.25) is 0 Å². The van der Waals surface area contributed by atoms with E-state index in [4.69, 9.17) is 115 Å². The van der Waals surface area contributed by atoms with Crippen LogP contribution in [-0.4, -0.2) is 703 Å². The summed E-state index contributed by atoms with van der Waals surface area (Å²) in [7, 11) is 0. The second kappa shape index (κ2) is 52.4. The highest BCUT2D eigenvalue weighted by Crippen LogP contribution is 2.45. The standard InChI is InChI=1S/C79H133NO68/c80-25-30(101)57(139-71-44(115)33(104)29(100)24(132-71)12-127-75-61(36(107)28(99)22(9-88)130-75)143-69-42(113)31(102)26(97)20(7-86)128-69)23(10-89)131-67(25)141-59-47(118)63(145-76-62(40(111)39(110)52(136-76)16(93)4-83)144-72-45(116)35(106)38(109)51(134-72)15(92)3-82)77(147-65(59)66(121)122)140-58-46(117)53(19(96)11-126-68-41(112)34(105)37(108)50(133-68)14(91)2-81)135-73(48(58)119)142-60-49(120)74(137-54-13(90)1-79(125,78(123)124)148-56(54)18(95)6-85)138-55(17(94)5-84)64(60)146-70-43(114)32(103)27(98)21(8-87)129-70/h13-65,67-77,81-120,125H,1-12,80H2,(H,121,122)(H,123,124)/t13-,14+,15+,16-,17+,18-,19+,20-,21-,22-,23-,24-,25-,26-,27-,28-,29-,30-,31+,32+,33+,34+,35+,36+,37+,38+,39+,40+,41+,42-,43-,44-,45+,46-,47+,48+,49+,50-,51-,52-,53-,54-,55-,56-,57-,58+,59-,60-,61-,62+,63-,64-,65+,67-,68+,69-,70+,71-,72-,73-,74+,75-,76-,77+,79-/m1/s1. The van der Waals surface area contributed by atoms with Crippen LogP contribution in [0, 0.1) is 0 Å². The smallest absolute Gasteiger partial charge is 0.364 e. The third-order valence-corrected chi connectivity index (χ3v) is 27.3. The zero-order valence-corrected chi connectivity index (χ0v) is 76.9. The van der Waals surface area contributed by atoms with E-state index in [1.807, 2.05) is 0 Å². The quantitative estimate of drug-likeness (QED) is 0.0270. The van der Waals surface area contributed by atoms with Gasteiger partial charge in [0.15, 0.2) is 75.3 Å². The van der Waals surface area contributed by atoms with Crippen LogP contribution in [0.1, 0.15) is 6.42 Å². The van der Waals surface area contributed by atoms with Crippen molar-refractivity contribution in [3.63, 3.8) is 0 Å². The zero-order valence-electron chi connectivity index (χ0n) is 76.9. The summed E-state index contributed by atoms with van der Waals surface area (Å²) in [6.45, 7) is -14.3. The molecule has 0 saturated carbocycles. The first-order chi connectivity index (χ1) is 69.8. The van der Waals surface area contributed by atoms with Gasteiger partial charge in [-0.25, -0.2) is 9.59 Å². The summed E-state index contributed by atoms with van der Waals surface area (Å²) >= 11 is 0. The van der Waals surface area contributed by atoms with Crippen LogP contribution in [-0.2, 0) is 119 Å². The average Bonchev–Trinajstić information content (AvgIpc) is 0.748. The monoisotopic (exact) mass is 2180 g/mol. The summed E-state index contributed by atoms with van der Waals surface area (Å²) in [4.78, 5) is 26.6. The van der Waals surface area contributed by atoms with E-state index in [0.717, 1.165) is 0 Å². The van der Waals surface area contributed by atoms with Crippen molar-refractivity contribution in [2.75, 3.05) is 72.7 Å². The Morgan fingerprint density at radius 3 is 1.06 bits per heavy atom. The molecule has 0 unspecified atom stereocenters. The lowest BCUT2D eigenvalue weighted by molar-refractivity contribution is -0.419. The van der Waals surface area contributed by atoms with Crippen LogP contribution in [0.2, 0.25) is 0 Å². The zero-order chi connectivity index (χ0) is 109. The Hall–Kier alpha value is -3.66. The van der Waals surface area contributed by atoms with E-state index >= 15 is 0 Å². The van der Waals surface area contributed by atoms with Gasteiger partial charge in [0.05, 0.1) is 84.8 Å². The summed E-state index contributed by atoms with van der Waals surface area (Å²) < 4.78 is 134. The first-order valence-electron chi connectivity index (χ1n) is 46.3. The fourth-order valence-electron chi connectivity index (χ4n) is 18.7. The molecule has 12 aliphatic rings. The molecule has 12 saturated heterocycles. The largest absolute Gasteiger partial charge is 0.479 e. The minimum atomic E-state index is -3.45. The Bertz CT molecular complexity index is 4030. The van der Waals surface area contributed by atoms with Crippen molar-refractivity contribution in [1.29, 1.82) is 0 Å². The maximum atomic E-state index is 14.2. The molecule has 65 atom stereocenters. The number of aliphatic hydroxyl groups excluding tert-OH is 40. The molecule has 0 amide bonds.